The highest BCUT2D eigenvalue weighted by Gasteiger charge is 2.13. The maximum atomic E-state index is 3.41. The SMILES string of the molecule is Cc1cccc(CC2CNCN2)c1. The van der Waals surface area contributed by atoms with Crippen molar-refractivity contribution in [2.75, 3.05) is 13.2 Å². The van der Waals surface area contributed by atoms with Crippen LogP contribution in [0.5, 0.6) is 0 Å². The molecule has 0 aliphatic carbocycles. The number of nitrogens with one attached hydrogen (secondary N) is 2. The van der Waals surface area contributed by atoms with Gasteiger partial charge in [0.05, 0.1) is 0 Å². The number of hydrogen-bond acceptors (Lipinski definition) is 2. The normalized spacial score (nSPS) is 22.1. The van der Waals surface area contributed by atoms with Gasteiger partial charge in [-0.25, -0.2) is 0 Å². The molecule has 1 aliphatic rings. The zero-order valence-corrected chi connectivity index (χ0v) is 8.01. The fraction of sp³-hybridized carbons (Fsp3) is 0.455. The van der Waals surface area contributed by atoms with Crippen molar-refractivity contribution in [1.29, 1.82) is 0 Å². The summed E-state index contributed by atoms with van der Waals surface area (Å²) in [5.74, 6) is 0. The van der Waals surface area contributed by atoms with Crippen LogP contribution < -0.4 is 10.6 Å². The Morgan fingerprint density at radius 3 is 3.08 bits per heavy atom. The van der Waals surface area contributed by atoms with Crippen molar-refractivity contribution < 1.29 is 0 Å². The highest BCUT2D eigenvalue weighted by atomic mass is 15.2. The van der Waals surface area contributed by atoms with Crippen LogP contribution >= 0.6 is 0 Å². The second-order valence-corrected chi connectivity index (χ2v) is 3.73. The van der Waals surface area contributed by atoms with Crippen LogP contribution in [0.4, 0.5) is 0 Å². The first-order valence-electron chi connectivity index (χ1n) is 4.84. The molecule has 0 aromatic heterocycles. The molecule has 0 amide bonds. The van der Waals surface area contributed by atoms with Crippen LogP contribution in [-0.4, -0.2) is 19.3 Å². The Kier molecular flexibility index (Phi) is 2.62. The Balaban J connectivity index is 2.00. The van der Waals surface area contributed by atoms with Gasteiger partial charge in [0.1, 0.15) is 0 Å². The predicted molar refractivity (Wildman–Crippen MR) is 54.7 cm³/mol. The van der Waals surface area contributed by atoms with Crippen LogP contribution in [0.3, 0.4) is 0 Å². The summed E-state index contributed by atoms with van der Waals surface area (Å²) >= 11 is 0. The van der Waals surface area contributed by atoms with Crippen molar-refractivity contribution in [3.8, 4) is 0 Å². The van der Waals surface area contributed by atoms with E-state index < -0.39 is 0 Å². The van der Waals surface area contributed by atoms with Gasteiger partial charge in [0.15, 0.2) is 0 Å². The number of aryl methyl sites for hydroxylation is 1. The van der Waals surface area contributed by atoms with Gasteiger partial charge in [-0.05, 0) is 18.9 Å². The molecular formula is C11H16N2. The summed E-state index contributed by atoms with van der Waals surface area (Å²) in [6.07, 6.45) is 1.13. The molecule has 0 radical (unpaired) electrons. The van der Waals surface area contributed by atoms with Crippen LogP contribution in [0.25, 0.3) is 0 Å². The Labute approximate surface area is 79.4 Å². The lowest BCUT2D eigenvalue weighted by Gasteiger charge is -2.09. The summed E-state index contributed by atoms with van der Waals surface area (Å²) < 4.78 is 0. The van der Waals surface area contributed by atoms with Gasteiger partial charge in [-0.15, -0.1) is 0 Å². The zero-order chi connectivity index (χ0) is 9.10. The fourth-order valence-electron chi connectivity index (χ4n) is 1.80. The lowest BCUT2D eigenvalue weighted by atomic mass is 10.0. The molecule has 1 aliphatic heterocycles. The molecule has 2 rings (SSSR count). The van der Waals surface area contributed by atoms with Crippen LogP contribution in [0.15, 0.2) is 24.3 Å². The van der Waals surface area contributed by atoms with Crippen LogP contribution in [0, 0.1) is 6.92 Å². The Bertz CT molecular complexity index is 277. The summed E-state index contributed by atoms with van der Waals surface area (Å²) in [6.45, 7) is 4.19. The molecule has 1 aromatic rings. The van der Waals surface area contributed by atoms with Gasteiger partial charge in [0, 0.05) is 19.3 Å². The van der Waals surface area contributed by atoms with E-state index in [9.17, 15) is 0 Å². The first-order valence-corrected chi connectivity index (χ1v) is 4.84. The Morgan fingerprint density at radius 1 is 1.46 bits per heavy atom. The van der Waals surface area contributed by atoms with E-state index >= 15 is 0 Å². The minimum absolute atomic E-state index is 0.613. The second kappa shape index (κ2) is 3.90. The third kappa shape index (κ3) is 2.29. The Hall–Kier alpha value is -0.860. The lowest BCUT2D eigenvalue weighted by molar-refractivity contribution is 0.629. The van der Waals surface area contributed by atoms with Crippen LogP contribution in [0.1, 0.15) is 11.1 Å². The number of benzene rings is 1. The van der Waals surface area contributed by atoms with Gasteiger partial charge in [0.2, 0.25) is 0 Å². The van der Waals surface area contributed by atoms with Crippen molar-refractivity contribution in [3.05, 3.63) is 35.4 Å². The summed E-state index contributed by atoms with van der Waals surface area (Å²) in [6, 6.07) is 9.35. The molecule has 13 heavy (non-hydrogen) atoms. The first-order chi connectivity index (χ1) is 6.34. The average molecular weight is 176 g/mol. The maximum absolute atomic E-state index is 3.41. The third-order valence-electron chi connectivity index (χ3n) is 2.47. The fourth-order valence-corrected chi connectivity index (χ4v) is 1.80. The molecule has 70 valence electrons. The quantitative estimate of drug-likeness (QED) is 0.704. The van der Waals surface area contributed by atoms with Gasteiger partial charge >= 0.3 is 0 Å². The molecule has 1 unspecified atom stereocenters. The molecular weight excluding hydrogens is 160 g/mol. The van der Waals surface area contributed by atoms with E-state index in [1.807, 2.05) is 0 Å². The molecule has 2 heteroatoms. The smallest absolute Gasteiger partial charge is 0.0457 e. The summed E-state index contributed by atoms with van der Waals surface area (Å²) in [5, 5.41) is 6.71. The van der Waals surface area contributed by atoms with E-state index in [4.69, 9.17) is 0 Å². The monoisotopic (exact) mass is 176 g/mol. The molecule has 2 N–H and O–H groups in total. The maximum Gasteiger partial charge on any atom is 0.0457 e. The largest absolute Gasteiger partial charge is 0.303 e. The van der Waals surface area contributed by atoms with E-state index in [2.05, 4.69) is 41.8 Å². The van der Waals surface area contributed by atoms with Crippen molar-refractivity contribution in [3.63, 3.8) is 0 Å². The van der Waals surface area contributed by atoms with Crippen molar-refractivity contribution >= 4 is 0 Å². The molecule has 1 fully saturated rings. The predicted octanol–water partition coefficient (Wildman–Crippen LogP) is 1.06. The highest BCUT2D eigenvalue weighted by molar-refractivity contribution is 5.23. The van der Waals surface area contributed by atoms with E-state index in [-0.39, 0.29) is 0 Å². The molecule has 1 heterocycles. The van der Waals surface area contributed by atoms with Crippen LogP contribution in [0.2, 0.25) is 0 Å². The molecule has 1 aromatic carbocycles. The zero-order valence-electron chi connectivity index (χ0n) is 8.01. The molecule has 0 saturated carbocycles. The van der Waals surface area contributed by atoms with E-state index in [0.717, 1.165) is 19.6 Å². The molecule has 0 bridgehead atoms. The van der Waals surface area contributed by atoms with E-state index in [0.29, 0.717) is 6.04 Å². The number of hydrogen-bond donors (Lipinski definition) is 2. The molecule has 2 nitrogen and oxygen atoms in total. The van der Waals surface area contributed by atoms with Gasteiger partial charge in [-0.2, -0.15) is 0 Å². The van der Waals surface area contributed by atoms with Gasteiger partial charge in [-0.1, -0.05) is 29.8 Å². The van der Waals surface area contributed by atoms with Crippen LogP contribution in [-0.2, 0) is 6.42 Å². The topological polar surface area (TPSA) is 24.1 Å². The Morgan fingerprint density at radius 2 is 2.38 bits per heavy atom. The standard InChI is InChI=1S/C11H16N2/c1-9-3-2-4-10(5-9)6-11-7-12-8-13-11/h2-5,11-13H,6-8H2,1H3. The summed E-state index contributed by atoms with van der Waals surface area (Å²) in [5.41, 5.74) is 2.78. The third-order valence-corrected chi connectivity index (χ3v) is 2.47. The summed E-state index contributed by atoms with van der Waals surface area (Å²) in [7, 11) is 0. The highest BCUT2D eigenvalue weighted by Crippen LogP contribution is 2.07. The van der Waals surface area contributed by atoms with E-state index in [1.54, 1.807) is 0 Å². The van der Waals surface area contributed by atoms with Gasteiger partial charge in [0.25, 0.3) is 0 Å². The van der Waals surface area contributed by atoms with Crippen molar-refractivity contribution in [2.24, 2.45) is 0 Å². The van der Waals surface area contributed by atoms with E-state index in [1.165, 1.54) is 11.1 Å². The minimum Gasteiger partial charge on any atom is -0.303 e. The summed E-state index contributed by atoms with van der Waals surface area (Å²) in [4.78, 5) is 0. The number of rotatable bonds is 2. The minimum atomic E-state index is 0.613. The van der Waals surface area contributed by atoms with Gasteiger partial charge in [-0.3, -0.25) is 0 Å². The average Bonchev–Trinajstić information content (AvgIpc) is 2.57. The lowest BCUT2D eigenvalue weighted by Crippen LogP contribution is -2.25. The molecule has 0 spiro atoms. The second-order valence-electron chi connectivity index (χ2n) is 3.73. The molecule has 1 atom stereocenters. The van der Waals surface area contributed by atoms with Gasteiger partial charge < -0.3 is 10.6 Å². The first kappa shape index (κ1) is 8.73. The molecule has 1 saturated heterocycles. The van der Waals surface area contributed by atoms with Crippen molar-refractivity contribution in [1.82, 2.24) is 10.6 Å². The van der Waals surface area contributed by atoms with Crippen molar-refractivity contribution in [2.45, 2.75) is 19.4 Å².